The van der Waals surface area contributed by atoms with E-state index in [0.717, 1.165) is 19.4 Å². The molecule has 12 heteroatoms. The fraction of sp³-hybridized carbons (Fsp3) is 0.833. The predicted octanol–water partition coefficient (Wildman–Crippen LogP) is 0.366. The van der Waals surface area contributed by atoms with Gasteiger partial charge in [0, 0.05) is 52.4 Å². The molecule has 0 saturated carbocycles. The van der Waals surface area contributed by atoms with E-state index in [9.17, 15) is 19.2 Å². The number of carboxylic acids is 3. The van der Waals surface area contributed by atoms with Crippen molar-refractivity contribution in [3.8, 4) is 0 Å². The number of hydrogen-bond donors (Lipinski definition) is 3. The van der Waals surface area contributed by atoms with Crippen molar-refractivity contribution in [1.82, 2.24) is 19.6 Å². The van der Waals surface area contributed by atoms with Crippen LogP contribution in [-0.2, 0) is 23.9 Å². The van der Waals surface area contributed by atoms with Crippen molar-refractivity contribution in [3.63, 3.8) is 0 Å². The third-order valence-electron chi connectivity index (χ3n) is 6.23. The van der Waals surface area contributed by atoms with E-state index in [1.165, 1.54) is 0 Å². The first-order valence-electron chi connectivity index (χ1n) is 12.9. The average molecular weight is 517 g/mol. The van der Waals surface area contributed by atoms with Gasteiger partial charge in [-0.2, -0.15) is 0 Å². The van der Waals surface area contributed by atoms with Crippen LogP contribution in [-0.4, -0.2) is 144 Å². The van der Waals surface area contributed by atoms with Gasteiger partial charge in [-0.15, -0.1) is 0 Å². The summed E-state index contributed by atoms with van der Waals surface area (Å²) in [6, 6.07) is 0. The van der Waals surface area contributed by atoms with Gasteiger partial charge in [0.1, 0.15) is 0 Å². The SMILES string of the molecule is CCOC(=O)CCN1CCCN(CCC(=O)O)CCN(CCC(=O)O)CCCN(CCC(=O)O)CC1. The molecule has 1 heterocycles. The van der Waals surface area contributed by atoms with Gasteiger partial charge in [-0.05, 0) is 45.9 Å². The smallest absolute Gasteiger partial charge is 0.307 e. The number of hydrogen-bond acceptors (Lipinski definition) is 9. The maximum Gasteiger partial charge on any atom is 0.307 e. The lowest BCUT2D eigenvalue weighted by Gasteiger charge is -2.31. The molecule has 1 fully saturated rings. The van der Waals surface area contributed by atoms with Gasteiger partial charge in [-0.1, -0.05) is 0 Å². The minimum atomic E-state index is -0.858. The molecule has 3 N–H and O–H groups in total. The molecule has 1 aliphatic heterocycles. The number of carbonyl (C=O) groups excluding carboxylic acids is 1. The van der Waals surface area contributed by atoms with Crippen molar-refractivity contribution in [3.05, 3.63) is 0 Å². The third-order valence-corrected chi connectivity index (χ3v) is 6.23. The molecule has 0 aromatic carbocycles. The van der Waals surface area contributed by atoms with Gasteiger partial charge in [0.15, 0.2) is 0 Å². The molecule has 0 amide bonds. The van der Waals surface area contributed by atoms with Crippen LogP contribution in [0, 0.1) is 0 Å². The maximum atomic E-state index is 11.9. The monoisotopic (exact) mass is 516 g/mol. The summed E-state index contributed by atoms with van der Waals surface area (Å²) in [6.07, 6.45) is 1.95. The lowest BCUT2D eigenvalue weighted by molar-refractivity contribution is -0.143. The Kier molecular flexibility index (Phi) is 16.7. The molecule has 208 valence electrons. The number of rotatable bonds is 13. The van der Waals surface area contributed by atoms with Crippen LogP contribution in [0.1, 0.15) is 45.4 Å². The van der Waals surface area contributed by atoms with Crippen molar-refractivity contribution in [2.24, 2.45) is 0 Å². The molecule has 0 aromatic heterocycles. The number of aliphatic carboxylic acids is 3. The van der Waals surface area contributed by atoms with Crippen LogP contribution in [0.15, 0.2) is 0 Å². The van der Waals surface area contributed by atoms with E-state index in [2.05, 4.69) is 19.6 Å². The average Bonchev–Trinajstić information content (AvgIpc) is 2.81. The Morgan fingerprint density at radius 3 is 1.14 bits per heavy atom. The van der Waals surface area contributed by atoms with Crippen molar-refractivity contribution in [2.75, 3.05) is 85.1 Å². The van der Waals surface area contributed by atoms with Crippen molar-refractivity contribution in [2.45, 2.75) is 45.4 Å². The second-order valence-corrected chi connectivity index (χ2v) is 9.06. The molecule has 1 aliphatic rings. The van der Waals surface area contributed by atoms with Gasteiger partial charge >= 0.3 is 23.9 Å². The highest BCUT2D eigenvalue weighted by atomic mass is 16.5. The molecule has 0 unspecified atom stereocenters. The van der Waals surface area contributed by atoms with Crippen LogP contribution < -0.4 is 0 Å². The highest BCUT2D eigenvalue weighted by Gasteiger charge is 2.17. The largest absolute Gasteiger partial charge is 0.481 e. The van der Waals surface area contributed by atoms with Gasteiger partial charge in [0.2, 0.25) is 0 Å². The Labute approximate surface area is 213 Å². The molecule has 1 rings (SSSR count). The van der Waals surface area contributed by atoms with Gasteiger partial charge in [-0.3, -0.25) is 19.2 Å². The Bertz CT molecular complexity index is 679. The standard InChI is InChI=1S/C24H44N4O8/c1-2-36-24(35)8-16-28-12-4-11-26(14-6-22(31)32)18-17-25(13-5-21(29)30)9-3-10-27(19-20-28)15-7-23(33)34/h2-20H2,1H3,(H,29,30)(H,31,32)(H,33,34). The highest BCUT2D eigenvalue weighted by Crippen LogP contribution is 2.06. The number of carbonyl (C=O) groups is 4. The molecule has 0 aromatic rings. The van der Waals surface area contributed by atoms with E-state index in [1.54, 1.807) is 6.92 Å². The van der Waals surface area contributed by atoms with Crippen LogP contribution in [0.2, 0.25) is 0 Å². The van der Waals surface area contributed by atoms with E-state index in [-0.39, 0.29) is 31.7 Å². The Morgan fingerprint density at radius 2 is 0.861 bits per heavy atom. The summed E-state index contributed by atoms with van der Waals surface area (Å²) in [4.78, 5) is 53.8. The molecular formula is C24H44N4O8. The third kappa shape index (κ3) is 16.4. The topological polar surface area (TPSA) is 151 Å². The van der Waals surface area contributed by atoms with Crippen molar-refractivity contribution in [1.29, 1.82) is 0 Å². The zero-order valence-electron chi connectivity index (χ0n) is 21.6. The fourth-order valence-corrected chi connectivity index (χ4v) is 4.19. The Hall–Kier alpha value is -2.28. The Balaban J connectivity index is 2.89. The van der Waals surface area contributed by atoms with Crippen molar-refractivity contribution < 1.29 is 39.2 Å². The van der Waals surface area contributed by atoms with Crippen LogP contribution in [0.4, 0.5) is 0 Å². The summed E-state index contributed by atoms with van der Waals surface area (Å²) in [5.74, 6) is -2.81. The van der Waals surface area contributed by atoms with Crippen LogP contribution >= 0.6 is 0 Å². The second kappa shape index (κ2) is 18.9. The van der Waals surface area contributed by atoms with E-state index >= 15 is 0 Å². The molecular weight excluding hydrogens is 472 g/mol. The first-order chi connectivity index (χ1) is 17.2. The maximum absolute atomic E-state index is 11.9. The summed E-state index contributed by atoms with van der Waals surface area (Å²) < 4.78 is 5.06. The lowest BCUT2D eigenvalue weighted by Crippen LogP contribution is -2.42. The molecule has 1 saturated heterocycles. The van der Waals surface area contributed by atoms with E-state index < -0.39 is 17.9 Å². The minimum absolute atomic E-state index is 0.0350. The minimum Gasteiger partial charge on any atom is -0.481 e. The Morgan fingerprint density at radius 1 is 0.556 bits per heavy atom. The second-order valence-electron chi connectivity index (χ2n) is 9.06. The highest BCUT2D eigenvalue weighted by molar-refractivity contribution is 5.69. The van der Waals surface area contributed by atoms with Crippen LogP contribution in [0.5, 0.6) is 0 Å². The predicted molar refractivity (Wildman–Crippen MR) is 133 cm³/mol. The zero-order chi connectivity index (χ0) is 26.8. The summed E-state index contributed by atoms with van der Waals surface area (Å²) in [5.41, 5.74) is 0. The molecule has 36 heavy (non-hydrogen) atoms. The van der Waals surface area contributed by atoms with Gasteiger partial charge < -0.3 is 39.7 Å². The van der Waals surface area contributed by atoms with Gasteiger partial charge in [0.25, 0.3) is 0 Å². The first kappa shape index (κ1) is 31.7. The van der Waals surface area contributed by atoms with Gasteiger partial charge in [0.05, 0.1) is 32.3 Å². The number of esters is 1. The summed E-state index contributed by atoms with van der Waals surface area (Å²) >= 11 is 0. The summed E-state index contributed by atoms with van der Waals surface area (Å²) in [5, 5.41) is 27.4. The first-order valence-corrected chi connectivity index (χ1v) is 12.9. The molecule has 0 atom stereocenters. The van der Waals surface area contributed by atoms with E-state index in [1.807, 2.05) is 0 Å². The number of ether oxygens (including phenoxy) is 1. The fourth-order valence-electron chi connectivity index (χ4n) is 4.19. The van der Waals surface area contributed by atoms with E-state index in [0.29, 0.717) is 78.6 Å². The zero-order valence-corrected chi connectivity index (χ0v) is 21.6. The summed E-state index contributed by atoms with van der Waals surface area (Å²) in [6.45, 7) is 9.31. The van der Waals surface area contributed by atoms with E-state index in [4.69, 9.17) is 20.1 Å². The molecule has 0 radical (unpaired) electrons. The van der Waals surface area contributed by atoms with Crippen LogP contribution in [0.3, 0.4) is 0 Å². The molecule has 12 nitrogen and oxygen atoms in total. The van der Waals surface area contributed by atoms with Gasteiger partial charge in [-0.25, -0.2) is 0 Å². The normalized spacial score (nSPS) is 18.4. The number of carboxylic acid groups (broad SMARTS) is 3. The quantitative estimate of drug-likeness (QED) is 0.290. The molecule has 0 aliphatic carbocycles. The lowest BCUT2D eigenvalue weighted by atomic mass is 10.2. The van der Waals surface area contributed by atoms with Crippen molar-refractivity contribution >= 4 is 23.9 Å². The van der Waals surface area contributed by atoms with Crippen LogP contribution in [0.25, 0.3) is 0 Å². The molecule has 0 bridgehead atoms. The number of nitrogens with zero attached hydrogens (tertiary/aromatic N) is 4. The molecule has 0 spiro atoms. The summed E-state index contributed by atoms with van der Waals surface area (Å²) in [7, 11) is 0.